The van der Waals surface area contributed by atoms with Crippen molar-refractivity contribution in [2.24, 2.45) is 0 Å². The molecular weight excluding hydrogens is 378 g/mol. The Morgan fingerprint density at radius 2 is 1.79 bits per heavy atom. The van der Waals surface area contributed by atoms with Crippen LogP contribution in [0.2, 0.25) is 5.02 Å². The third kappa shape index (κ3) is 5.02. The first-order valence-electron chi connectivity index (χ1n) is 8.42. The van der Waals surface area contributed by atoms with Crippen molar-refractivity contribution in [2.45, 2.75) is 6.54 Å². The van der Waals surface area contributed by atoms with Crippen molar-refractivity contribution in [3.8, 4) is 0 Å². The van der Waals surface area contributed by atoms with Crippen molar-refractivity contribution in [2.75, 3.05) is 4.90 Å². The molecule has 0 aliphatic rings. The molecule has 0 saturated carbocycles. The molecule has 3 rings (SSSR count). The number of pyridine rings is 1. The Hall–Kier alpha value is -3.51. The molecule has 0 aliphatic heterocycles. The zero-order valence-electron chi connectivity index (χ0n) is 14.7. The van der Waals surface area contributed by atoms with Crippen molar-refractivity contribution < 1.29 is 9.72 Å². The van der Waals surface area contributed by atoms with Gasteiger partial charge in [0.15, 0.2) is 0 Å². The van der Waals surface area contributed by atoms with Gasteiger partial charge in [-0.05, 0) is 60.2 Å². The number of non-ortho nitro benzene ring substituents is 1. The quantitative estimate of drug-likeness (QED) is 0.339. The van der Waals surface area contributed by atoms with E-state index in [1.165, 1.54) is 18.2 Å². The van der Waals surface area contributed by atoms with Gasteiger partial charge in [0.25, 0.3) is 11.6 Å². The number of nitro benzene ring substituents is 1. The summed E-state index contributed by atoms with van der Waals surface area (Å²) in [7, 11) is 0. The molecule has 6 nitrogen and oxygen atoms in total. The topological polar surface area (TPSA) is 76.3 Å². The lowest BCUT2D eigenvalue weighted by Gasteiger charge is -2.21. The summed E-state index contributed by atoms with van der Waals surface area (Å²) in [5.41, 5.74) is 2.12. The van der Waals surface area contributed by atoms with Crippen LogP contribution in [0.15, 0.2) is 79.0 Å². The molecule has 0 aliphatic carbocycles. The van der Waals surface area contributed by atoms with Gasteiger partial charge in [-0.15, -0.1) is 0 Å². The molecule has 1 amide bonds. The van der Waals surface area contributed by atoms with Crippen molar-refractivity contribution in [1.29, 1.82) is 0 Å². The van der Waals surface area contributed by atoms with E-state index >= 15 is 0 Å². The normalized spacial score (nSPS) is 10.8. The molecule has 140 valence electrons. The van der Waals surface area contributed by atoms with Crippen molar-refractivity contribution in [3.63, 3.8) is 0 Å². The van der Waals surface area contributed by atoms with Crippen LogP contribution >= 0.6 is 11.6 Å². The summed E-state index contributed by atoms with van der Waals surface area (Å²) in [4.78, 5) is 29.0. The van der Waals surface area contributed by atoms with Crippen LogP contribution in [0, 0.1) is 10.1 Å². The fourth-order valence-electron chi connectivity index (χ4n) is 2.54. The molecule has 0 radical (unpaired) electrons. The average Bonchev–Trinajstić information content (AvgIpc) is 2.72. The number of aromatic nitrogens is 1. The maximum Gasteiger partial charge on any atom is 0.269 e. The van der Waals surface area contributed by atoms with E-state index in [4.69, 9.17) is 11.6 Å². The van der Waals surface area contributed by atoms with E-state index in [2.05, 4.69) is 4.98 Å². The first-order valence-corrected chi connectivity index (χ1v) is 8.80. The van der Waals surface area contributed by atoms with E-state index in [-0.39, 0.29) is 11.6 Å². The minimum absolute atomic E-state index is 0.00131. The number of hydrogen-bond acceptors (Lipinski definition) is 4. The first kappa shape index (κ1) is 19.3. The van der Waals surface area contributed by atoms with Crippen LogP contribution < -0.4 is 4.90 Å². The second kappa shape index (κ2) is 8.92. The van der Waals surface area contributed by atoms with Crippen LogP contribution in [-0.4, -0.2) is 15.8 Å². The summed E-state index contributed by atoms with van der Waals surface area (Å²) in [6, 6.07) is 18.5. The van der Waals surface area contributed by atoms with Crippen LogP contribution in [0.1, 0.15) is 11.3 Å². The van der Waals surface area contributed by atoms with Crippen molar-refractivity contribution >= 4 is 35.0 Å². The highest BCUT2D eigenvalue weighted by Gasteiger charge is 2.14. The molecule has 28 heavy (non-hydrogen) atoms. The molecule has 0 N–H and O–H groups in total. The van der Waals surface area contributed by atoms with Gasteiger partial charge >= 0.3 is 0 Å². The van der Waals surface area contributed by atoms with E-state index in [0.29, 0.717) is 22.8 Å². The van der Waals surface area contributed by atoms with E-state index in [0.717, 1.165) is 5.69 Å². The molecule has 1 heterocycles. The average molecular weight is 394 g/mol. The van der Waals surface area contributed by atoms with Crippen LogP contribution in [-0.2, 0) is 11.3 Å². The maximum absolute atomic E-state index is 12.9. The monoisotopic (exact) mass is 393 g/mol. The Kier molecular flexibility index (Phi) is 6.14. The Morgan fingerprint density at radius 1 is 1.07 bits per heavy atom. The summed E-state index contributed by atoms with van der Waals surface area (Å²) in [5.74, 6) is -0.244. The standard InChI is InChI=1S/C21H16ClN3O3/c22-17-7-11-19(12-8-17)24(15-18-3-1-2-14-23-18)21(26)13-6-16-4-9-20(10-5-16)25(27)28/h1-14H,15H2/b13-6+. The number of benzene rings is 2. The minimum atomic E-state index is -0.465. The predicted molar refractivity (Wildman–Crippen MR) is 109 cm³/mol. The van der Waals surface area contributed by atoms with Gasteiger partial charge < -0.3 is 4.90 Å². The van der Waals surface area contributed by atoms with Gasteiger partial charge in [-0.25, -0.2) is 0 Å². The second-order valence-electron chi connectivity index (χ2n) is 5.90. The summed E-state index contributed by atoms with van der Waals surface area (Å²) >= 11 is 5.95. The minimum Gasteiger partial charge on any atom is -0.303 e. The Morgan fingerprint density at radius 3 is 2.39 bits per heavy atom. The summed E-state index contributed by atoms with van der Waals surface area (Å²) in [5, 5.41) is 11.3. The molecule has 0 atom stereocenters. The SMILES string of the molecule is O=C(/C=C/c1ccc([N+](=O)[O-])cc1)N(Cc1ccccn1)c1ccc(Cl)cc1. The number of halogens is 1. The van der Waals surface area contributed by atoms with Gasteiger partial charge in [0.05, 0.1) is 17.2 Å². The predicted octanol–water partition coefficient (Wildman–Crippen LogP) is 4.89. The van der Waals surface area contributed by atoms with Crippen LogP contribution in [0.25, 0.3) is 6.08 Å². The van der Waals surface area contributed by atoms with E-state index in [9.17, 15) is 14.9 Å². The number of amides is 1. The lowest BCUT2D eigenvalue weighted by Crippen LogP contribution is -2.29. The largest absolute Gasteiger partial charge is 0.303 e. The third-order valence-corrected chi connectivity index (χ3v) is 4.22. The molecule has 0 bridgehead atoms. The van der Waals surface area contributed by atoms with E-state index in [1.54, 1.807) is 53.6 Å². The molecule has 1 aromatic heterocycles. The maximum atomic E-state index is 12.9. The second-order valence-corrected chi connectivity index (χ2v) is 6.34. The first-order chi connectivity index (χ1) is 13.5. The molecule has 7 heteroatoms. The molecule has 0 fully saturated rings. The number of hydrogen-bond donors (Lipinski definition) is 0. The number of carbonyl (C=O) groups excluding carboxylic acids is 1. The number of nitro groups is 1. The highest BCUT2D eigenvalue weighted by molar-refractivity contribution is 6.30. The van der Waals surface area contributed by atoms with E-state index in [1.807, 2.05) is 18.2 Å². The fraction of sp³-hybridized carbons (Fsp3) is 0.0476. The lowest BCUT2D eigenvalue weighted by atomic mass is 10.2. The number of carbonyl (C=O) groups is 1. The number of rotatable bonds is 6. The lowest BCUT2D eigenvalue weighted by molar-refractivity contribution is -0.384. The zero-order valence-corrected chi connectivity index (χ0v) is 15.5. The van der Waals surface area contributed by atoms with Crippen LogP contribution in [0.3, 0.4) is 0 Å². The van der Waals surface area contributed by atoms with E-state index < -0.39 is 4.92 Å². The highest BCUT2D eigenvalue weighted by Crippen LogP contribution is 2.21. The van der Waals surface area contributed by atoms with Crippen molar-refractivity contribution in [3.05, 3.63) is 105 Å². The van der Waals surface area contributed by atoms with Gasteiger partial charge in [-0.2, -0.15) is 0 Å². The third-order valence-electron chi connectivity index (χ3n) is 3.97. The fourth-order valence-corrected chi connectivity index (χ4v) is 2.66. The Labute approximate surface area is 166 Å². The Balaban J connectivity index is 1.83. The zero-order chi connectivity index (χ0) is 19.9. The van der Waals surface area contributed by atoms with Crippen LogP contribution in [0.4, 0.5) is 11.4 Å². The number of nitrogens with zero attached hydrogens (tertiary/aromatic N) is 3. The molecule has 2 aromatic carbocycles. The smallest absolute Gasteiger partial charge is 0.269 e. The summed E-state index contributed by atoms with van der Waals surface area (Å²) < 4.78 is 0. The van der Waals surface area contributed by atoms with Gasteiger partial charge in [0, 0.05) is 35.1 Å². The van der Waals surface area contributed by atoms with Gasteiger partial charge in [-0.3, -0.25) is 19.9 Å². The highest BCUT2D eigenvalue weighted by atomic mass is 35.5. The molecular formula is C21H16ClN3O3. The summed E-state index contributed by atoms with van der Waals surface area (Å²) in [6.07, 6.45) is 4.72. The van der Waals surface area contributed by atoms with Gasteiger partial charge in [0.2, 0.25) is 0 Å². The van der Waals surface area contributed by atoms with Gasteiger partial charge in [-0.1, -0.05) is 17.7 Å². The van der Waals surface area contributed by atoms with Crippen LogP contribution in [0.5, 0.6) is 0 Å². The Bertz CT molecular complexity index is 988. The molecule has 0 unspecified atom stereocenters. The molecule has 0 saturated heterocycles. The molecule has 0 spiro atoms. The summed E-state index contributed by atoms with van der Waals surface area (Å²) in [6.45, 7) is 0.298. The number of anilines is 1. The molecule has 3 aromatic rings. The van der Waals surface area contributed by atoms with Crippen molar-refractivity contribution in [1.82, 2.24) is 4.98 Å². The van der Waals surface area contributed by atoms with Gasteiger partial charge in [0.1, 0.15) is 0 Å².